The van der Waals surface area contributed by atoms with Crippen LogP contribution in [0.4, 0.5) is 5.69 Å². The Morgan fingerprint density at radius 2 is 1.13 bits per heavy atom. The Labute approximate surface area is 189 Å². The lowest BCUT2D eigenvalue weighted by Gasteiger charge is -2.36. The van der Waals surface area contributed by atoms with Gasteiger partial charge in [-0.3, -0.25) is 0 Å². The van der Waals surface area contributed by atoms with Crippen LogP contribution in [0.1, 0.15) is 71.2 Å². The zero-order chi connectivity index (χ0) is 22.6. The Bertz CT molecular complexity index is 1020. The molecule has 0 heterocycles. The van der Waals surface area contributed by atoms with Crippen LogP contribution in [0.2, 0.25) is 0 Å². The lowest BCUT2D eigenvalue weighted by molar-refractivity contribution is 0.454. The number of aryl methyl sites for hydroxylation is 5. The molecular formula is C30H37N. The van der Waals surface area contributed by atoms with Crippen molar-refractivity contribution in [1.29, 1.82) is 0 Å². The van der Waals surface area contributed by atoms with Crippen LogP contribution in [0.25, 0.3) is 12.2 Å². The topological polar surface area (TPSA) is 12.0 Å². The molecular weight excluding hydrogens is 374 g/mol. The fraction of sp³-hybridized carbons (Fsp3) is 0.333. The van der Waals surface area contributed by atoms with Gasteiger partial charge in [0.1, 0.15) is 0 Å². The SMILES string of the molecule is CCC(CC)(Nc1c(C)cc(C)cc1C)c1ccc(C=Cc2cc(C)cc(C)c2)cc1. The van der Waals surface area contributed by atoms with Crippen molar-refractivity contribution < 1.29 is 0 Å². The molecule has 0 unspecified atom stereocenters. The first-order valence-electron chi connectivity index (χ1n) is 11.5. The Balaban J connectivity index is 1.88. The Hall–Kier alpha value is -2.80. The van der Waals surface area contributed by atoms with Gasteiger partial charge in [-0.25, -0.2) is 0 Å². The molecule has 0 bridgehead atoms. The van der Waals surface area contributed by atoms with Crippen molar-refractivity contribution in [2.75, 3.05) is 5.32 Å². The van der Waals surface area contributed by atoms with Crippen molar-refractivity contribution in [3.05, 3.63) is 99.1 Å². The molecule has 3 aromatic carbocycles. The van der Waals surface area contributed by atoms with Gasteiger partial charge in [-0.05, 0) is 75.3 Å². The zero-order valence-electron chi connectivity index (χ0n) is 20.3. The van der Waals surface area contributed by atoms with E-state index >= 15 is 0 Å². The molecule has 162 valence electrons. The molecule has 1 nitrogen and oxygen atoms in total. The molecule has 0 aliphatic heterocycles. The summed E-state index contributed by atoms with van der Waals surface area (Å²) in [6.07, 6.45) is 6.49. The smallest absolute Gasteiger partial charge is 0.0620 e. The van der Waals surface area contributed by atoms with Crippen molar-refractivity contribution in [2.45, 2.75) is 66.8 Å². The molecule has 0 aliphatic carbocycles. The van der Waals surface area contributed by atoms with Gasteiger partial charge in [0.2, 0.25) is 0 Å². The van der Waals surface area contributed by atoms with E-state index in [2.05, 4.69) is 121 Å². The fourth-order valence-electron chi connectivity index (χ4n) is 4.74. The molecule has 0 aromatic heterocycles. The van der Waals surface area contributed by atoms with Gasteiger partial charge in [-0.1, -0.05) is 97.3 Å². The highest BCUT2D eigenvalue weighted by molar-refractivity contribution is 5.70. The lowest BCUT2D eigenvalue weighted by atomic mass is 9.83. The van der Waals surface area contributed by atoms with E-state index < -0.39 is 0 Å². The molecule has 3 aromatic rings. The number of hydrogen-bond acceptors (Lipinski definition) is 1. The van der Waals surface area contributed by atoms with Crippen molar-refractivity contribution in [3.8, 4) is 0 Å². The summed E-state index contributed by atoms with van der Waals surface area (Å²) in [6, 6.07) is 20.3. The summed E-state index contributed by atoms with van der Waals surface area (Å²) >= 11 is 0. The van der Waals surface area contributed by atoms with Gasteiger partial charge in [0.15, 0.2) is 0 Å². The first-order chi connectivity index (χ1) is 14.8. The van der Waals surface area contributed by atoms with Crippen molar-refractivity contribution in [2.24, 2.45) is 0 Å². The van der Waals surface area contributed by atoms with Crippen molar-refractivity contribution in [1.82, 2.24) is 0 Å². The van der Waals surface area contributed by atoms with Crippen LogP contribution in [0.15, 0.2) is 54.6 Å². The third kappa shape index (κ3) is 5.28. The summed E-state index contributed by atoms with van der Waals surface area (Å²) in [6.45, 7) is 15.4. The summed E-state index contributed by atoms with van der Waals surface area (Å²) < 4.78 is 0. The van der Waals surface area contributed by atoms with Gasteiger partial charge < -0.3 is 5.32 Å². The third-order valence-corrected chi connectivity index (χ3v) is 6.42. The second-order valence-corrected chi connectivity index (χ2v) is 9.06. The second-order valence-electron chi connectivity index (χ2n) is 9.06. The van der Waals surface area contributed by atoms with Crippen molar-refractivity contribution in [3.63, 3.8) is 0 Å². The Kier molecular flexibility index (Phi) is 7.05. The van der Waals surface area contributed by atoms with E-state index in [1.165, 1.54) is 50.2 Å². The Morgan fingerprint density at radius 3 is 1.65 bits per heavy atom. The number of benzene rings is 3. The van der Waals surface area contributed by atoms with E-state index in [9.17, 15) is 0 Å². The molecule has 0 radical (unpaired) electrons. The maximum Gasteiger partial charge on any atom is 0.0620 e. The van der Waals surface area contributed by atoms with Gasteiger partial charge in [0.25, 0.3) is 0 Å². The van der Waals surface area contributed by atoms with Crippen LogP contribution < -0.4 is 5.32 Å². The Morgan fingerprint density at radius 1 is 0.645 bits per heavy atom. The highest BCUT2D eigenvalue weighted by Crippen LogP contribution is 2.36. The van der Waals surface area contributed by atoms with Crippen LogP contribution in [0.3, 0.4) is 0 Å². The number of nitrogens with one attached hydrogen (secondary N) is 1. The minimum Gasteiger partial charge on any atom is -0.375 e. The number of hydrogen-bond donors (Lipinski definition) is 1. The molecule has 3 rings (SSSR count). The molecule has 1 N–H and O–H groups in total. The third-order valence-electron chi connectivity index (χ3n) is 6.42. The molecule has 0 spiro atoms. The van der Waals surface area contributed by atoms with Crippen LogP contribution >= 0.6 is 0 Å². The predicted molar refractivity (Wildman–Crippen MR) is 138 cm³/mol. The van der Waals surface area contributed by atoms with E-state index in [-0.39, 0.29) is 5.54 Å². The molecule has 0 saturated carbocycles. The molecule has 0 aliphatic rings. The molecule has 0 amide bonds. The maximum absolute atomic E-state index is 3.94. The number of rotatable bonds is 7. The van der Waals surface area contributed by atoms with Crippen LogP contribution in [0.5, 0.6) is 0 Å². The lowest BCUT2D eigenvalue weighted by Crippen LogP contribution is -2.34. The van der Waals surface area contributed by atoms with E-state index in [4.69, 9.17) is 0 Å². The zero-order valence-corrected chi connectivity index (χ0v) is 20.3. The fourth-order valence-corrected chi connectivity index (χ4v) is 4.74. The summed E-state index contributed by atoms with van der Waals surface area (Å²) in [5.74, 6) is 0. The molecule has 1 heteroatoms. The highest BCUT2D eigenvalue weighted by Gasteiger charge is 2.29. The highest BCUT2D eigenvalue weighted by atomic mass is 15.0. The first kappa shape index (κ1) is 22.9. The molecule has 0 fully saturated rings. The van der Waals surface area contributed by atoms with Gasteiger partial charge >= 0.3 is 0 Å². The largest absolute Gasteiger partial charge is 0.375 e. The average Bonchev–Trinajstić information content (AvgIpc) is 2.72. The predicted octanol–water partition coefficient (Wildman–Crippen LogP) is 8.53. The summed E-state index contributed by atoms with van der Waals surface area (Å²) in [4.78, 5) is 0. The normalized spacial score (nSPS) is 11.8. The van der Waals surface area contributed by atoms with Gasteiger partial charge in [0.05, 0.1) is 5.54 Å². The maximum atomic E-state index is 3.94. The van der Waals surface area contributed by atoms with E-state index in [0.717, 1.165) is 12.8 Å². The monoisotopic (exact) mass is 411 g/mol. The molecule has 0 atom stereocenters. The number of anilines is 1. The van der Waals surface area contributed by atoms with Crippen LogP contribution in [0, 0.1) is 34.6 Å². The second kappa shape index (κ2) is 9.56. The van der Waals surface area contributed by atoms with E-state index in [1.807, 2.05) is 0 Å². The quantitative estimate of drug-likeness (QED) is 0.384. The molecule has 31 heavy (non-hydrogen) atoms. The van der Waals surface area contributed by atoms with E-state index in [1.54, 1.807) is 0 Å². The summed E-state index contributed by atoms with van der Waals surface area (Å²) in [5.41, 5.74) is 11.6. The van der Waals surface area contributed by atoms with Crippen LogP contribution in [-0.2, 0) is 5.54 Å². The summed E-state index contributed by atoms with van der Waals surface area (Å²) in [7, 11) is 0. The minimum atomic E-state index is -0.0688. The van der Waals surface area contributed by atoms with E-state index in [0.29, 0.717) is 0 Å². The standard InChI is InChI=1S/C30H37N/c1-8-30(9-2,31-29-24(6)17-23(5)18-25(29)7)28-14-12-26(13-15-28)10-11-27-19-21(3)16-22(4)20-27/h10-20,31H,8-9H2,1-7H3. The summed E-state index contributed by atoms with van der Waals surface area (Å²) in [5, 5.41) is 3.94. The van der Waals surface area contributed by atoms with Gasteiger partial charge in [-0.2, -0.15) is 0 Å². The van der Waals surface area contributed by atoms with Gasteiger partial charge in [-0.15, -0.1) is 0 Å². The molecule has 0 saturated heterocycles. The van der Waals surface area contributed by atoms with Gasteiger partial charge in [0, 0.05) is 5.69 Å². The first-order valence-corrected chi connectivity index (χ1v) is 11.5. The average molecular weight is 412 g/mol. The van der Waals surface area contributed by atoms with Crippen molar-refractivity contribution >= 4 is 17.8 Å². The minimum absolute atomic E-state index is 0.0688. The van der Waals surface area contributed by atoms with Crippen LogP contribution in [-0.4, -0.2) is 0 Å².